The Balaban J connectivity index is 2.09. The van der Waals surface area contributed by atoms with E-state index in [1.54, 1.807) is 7.11 Å². The van der Waals surface area contributed by atoms with Crippen LogP contribution in [0.5, 0.6) is 0 Å². The average molecular weight is 256 g/mol. The number of rotatable bonds is 6. The minimum absolute atomic E-state index is 0.0875. The lowest BCUT2D eigenvalue weighted by molar-refractivity contribution is -0.152. The number of nitrogens with zero attached hydrogens (tertiary/aromatic N) is 1. The Morgan fingerprint density at radius 3 is 3.06 bits per heavy atom. The van der Waals surface area contributed by atoms with Gasteiger partial charge in [0, 0.05) is 26.2 Å². The number of methoxy groups -OCH3 is 1. The lowest BCUT2D eigenvalue weighted by Crippen LogP contribution is -2.60. The maximum absolute atomic E-state index is 12.4. The Hall–Kier alpha value is -0.650. The first kappa shape index (κ1) is 13.8. The van der Waals surface area contributed by atoms with Crippen molar-refractivity contribution in [3.05, 3.63) is 0 Å². The van der Waals surface area contributed by atoms with Crippen LogP contribution in [0.2, 0.25) is 0 Å². The second-order valence-electron chi connectivity index (χ2n) is 5.06. The highest BCUT2D eigenvalue weighted by molar-refractivity contribution is 5.82. The fourth-order valence-corrected chi connectivity index (χ4v) is 3.29. The highest BCUT2D eigenvalue weighted by atomic mass is 16.5. The minimum Gasteiger partial charge on any atom is -0.465 e. The number of nitrogens with one attached hydrogen (secondary N) is 1. The van der Waals surface area contributed by atoms with E-state index in [1.807, 2.05) is 6.92 Å². The molecule has 0 bridgehead atoms. The zero-order valence-corrected chi connectivity index (χ0v) is 11.4. The van der Waals surface area contributed by atoms with Gasteiger partial charge in [-0.1, -0.05) is 0 Å². The Bertz CT molecular complexity index is 298. The van der Waals surface area contributed by atoms with Crippen molar-refractivity contribution in [2.24, 2.45) is 0 Å². The summed E-state index contributed by atoms with van der Waals surface area (Å²) in [5, 5.41) is 3.41. The average Bonchev–Trinajstić information content (AvgIpc) is 2.93. The molecule has 2 saturated heterocycles. The van der Waals surface area contributed by atoms with Crippen LogP contribution in [0.1, 0.15) is 26.2 Å². The molecule has 18 heavy (non-hydrogen) atoms. The molecule has 0 aliphatic carbocycles. The van der Waals surface area contributed by atoms with Crippen LogP contribution in [0.15, 0.2) is 0 Å². The zero-order chi connectivity index (χ0) is 13.0. The monoisotopic (exact) mass is 256 g/mol. The molecule has 2 fully saturated rings. The van der Waals surface area contributed by atoms with Crippen molar-refractivity contribution < 1.29 is 14.3 Å². The first-order chi connectivity index (χ1) is 8.74. The summed E-state index contributed by atoms with van der Waals surface area (Å²) in [6.07, 6.45) is 3.11. The van der Waals surface area contributed by atoms with Gasteiger partial charge in [0.05, 0.1) is 13.2 Å². The Kier molecular flexibility index (Phi) is 4.59. The molecular weight excluding hydrogens is 232 g/mol. The van der Waals surface area contributed by atoms with E-state index in [0.29, 0.717) is 25.8 Å². The highest BCUT2D eigenvalue weighted by Gasteiger charge is 2.54. The Morgan fingerprint density at radius 1 is 1.50 bits per heavy atom. The van der Waals surface area contributed by atoms with Crippen molar-refractivity contribution in [2.75, 3.05) is 40.0 Å². The molecule has 5 nitrogen and oxygen atoms in total. The molecule has 5 heteroatoms. The van der Waals surface area contributed by atoms with Gasteiger partial charge in [-0.15, -0.1) is 0 Å². The number of esters is 1. The third-order valence-corrected chi connectivity index (χ3v) is 4.11. The predicted molar refractivity (Wildman–Crippen MR) is 68.5 cm³/mol. The van der Waals surface area contributed by atoms with Crippen molar-refractivity contribution in [3.63, 3.8) is 0 Å². The number of carbonyl (C=O) groups excluding carboxylic acids is 1. The molecule has 2 heterocycles. The molecule has 2 rings (SSSR count). The molecule has 2 atom stereocenters. The Labute approximate surface area is 109 Å². The highest BCUT2D eigenvalue weighted by Crippen LogP contribution is 2.36. The van der Waals surface area contributed by atoms with Crippen molar-refractivity contribution in [1.82, 2.24) is 10.2 Å². The second-order valence-corrected chi connectivity index (χ2v) is 5.06. The normalized spacial score (nSPS) is 31.6. The zero-order valence-electron chi connectivity index (χ0n) is 11.4. The molecule has 1 N–H and O–H groups in total. The fourth-order valence-electron chi connectivity index (χ4n) is 3.29. The summed E-state index contributed by atoms with van der Waals surface area (Å²) in [4.78, 5) is 14.8. The molecule has 0 aromatic heterocycles. The third kappa shape index (κ3) is 2.39. The summed E-state index contributed by atoms with van der Waals surface area (Å²) in [5.41, 5.74) is -0.509. The van der Waals surface area contributed by atoms with Crippen molar-refractivity contribution in [3.8, 4) is 0 Å². The number of fused-ring (bicyclic) bond motifs is 1. The summed E-state index contributed by atoms with van der Waals surface area (Å²) in [6, 6.07) is 0.299. The Morgan fingerprint density at radius 2 is 2.33 bits per heavy atom. The minimum atomic E-state index is -0.509. The van der Waals surface area contributed by atoms with E-state index < -0.39 is 5.54 Å². The molecule has 2 unspecified atom stereocenters. The van der Waals surface area contributed by atoms with E-state index in [-0.39, 0.29) is 5.97 Å². The molecule has 0 amide bonds. The fraction of sp³-hybridized carbons (Fsp3) is 0.923. The maximum atomic E-state index is 12.4. The largest absolute Gasteiger partial charge is 0.465 e. The lowest BCUT2D eigenvalue weighted by atomic mass is 9.88. The molecule has 0 aromatic carbocycles. The third-order valence-electron chi connectivity index (χ3n) is 4.11. The van der Waals surface area contributed by atoms with Crippen LogP contribution in [-0.4, -0.2) is 62.4 Å². The van der Waals surface area contributed by atoms with Crippen LogP contribution in [0.3, 0.4) is 0 Å². The van der Waals surface area contributed by atoms with E-state index >= 15 is 0 Å². The van der Waals surface area contributed by atoms with Gasteiger partial charge in [-0.05, 0) is 32.7 Å². The molecule has 104 valence electrons. The van der Waals surface area contributed by atoms with Crippen LogP contribution in [0.4, 0.5) is 0 Å². The van der Waals surface area contributed by atoms with Gasteiger partial charge in [0.2, 0.25) is 0 Å². The van der Waals surface area contributed by atoms with Gasteiger partial charge in [0.15, 0.2) is 0 Å². The molecule has 0 aromatic rings. The summed E-state index contributed by atoms with van der Waals surface area (Å²) in [7, 11) is 1.68. The van der Waals surface area contributed by atoms with E-state index in [0.717, 1.165) is 25.9 Å². The lowest BCUT2D eigenvalue weighted by Gasteiger charge is -2.33. The summed E-state index contributed by atoms with van der Waals surface area (Å²) in [5.74, 6) is -0.0875. The molecule has 2 aliphatic heterocycles. The quantitative estimate of drug-likeness (QED) is 0.550. The van der Waals surface area contributed by atoms with Crippen LogP contribution >= 0.6 is 0 Å². The molecule has 0 spiro atoms. The van der Waals surface area contributed by atoms with E-state index in [9.17, 15) is 4.79 Å². The summed E-state index contributed by atoms with van der Waals surface area (Å²) in [6.45, 7) is 5.72. The van der Waals surface area contributed by atoms with Gasteiger partial charge in [0.25, 0.3) is 0 Å². The molecular formula is C13H24N2O3. The standard InChI is InChI=1S/C13H24N2O3/c1-3-18-12(16)13(14-7-10-17-2)6-9-15-8-4-5-11(13)15/h11,14H,3-10H2,1-2H3. The van der Waals surface area contributed by atoms with Crippen LogP contribution < -0.4 is 5.32 Å². The summed E-state index contributed by atoms with van der Waals surface area (Å²) >= 11 is 0. The smallest absolute Gasteiger partial charge is 0.328 e. The van der Waals surface area contributed by atoms with Gasteiger partial charge in [-0.3, -0.25) is 10.2 Å². The molecule has 0 radical (unpaired) electrons. The van der Waals surface area contributed by atoms with E-state index in [1.165, 1.54) is 6.42 Å². The number of ether oxygens (including phenoxy) is 2. The van der Waals surface area contributed by atoms with Gasteiger partial charge in [-0.25, -0.2) is 4.79 Å². The van der Waals surface area contributed by atoms with E-state index in [2.05, 4.69) is 10.2 Å². The molecule has 2 aliphatic rings. The van der Waals surface area contributed by atoms with Gasteiger partial charge in [-0.2, -0.15) is 0 Å². The topological polar surface area (TPSA) is 50.8 Å². The first-order valence-electron chi connectivity index (χ1n) is 6.90. The molecule has 0 saturated carbocycles. The van der Waals surface area contributed by atoms with Gasteiger partial charge < -0.3 is 9.47 Å². The SMILES string of the molecule is CCOC(=O)C1(NCCOC)CCN2CCCC21. The van der Waals surface area contributed by atoms with Crippen LogP contribution in [0, 0.1) is 0 Å². The number of hydrogen-bond donors (Lipinski definition) is 1. The van der Waals surface area contributed by atoms with Crippen LogP contribution in [-0.2, 0) is 14.3 Å². The predicted octanol–water partition coefficient (Wildman–Crippen LogP) is 0.392. The van der Waals surface area contributed by atoms with E-state index in [4.69, 9.17) is 9.47 Å². The summed E-state index contributed by atoms with van der Waals surface area (Å²) < 4.78 is 10.4. The van der Waals surface area contributed by atoms with Gasteiger partial charge >= 0.3 is 5.97 Å². The maximum Gasteiger partial charge on any atom is 0.328 e. The van der Waals surface area contributed by atoms with Crippen LogP contribution in [0.25, 0.3) is 0 Å². The second kappa shape index (κ2) is 5.99. The first-order valence-corrected chi connectivity index (χ1v) is 6.90. The van der Waals surface area contributed by atoms with Crippen molar-refractivity contribution >= 4 is 5.97 Å². The van der Waals surface area contributed by atoms with Crippen molar-refractivity contribution in [2.45, 2.75) is 37.8 Å². The van der Waals surface area contributed by atoms with Crippen molar-refractivity contribution in [1.29, 1.82) is 0 Å². The van der Waals surface area contributed by atoms with Gasteiger partial charge in [0.1, 0.15) is 5.54 Å². The number of hydrogen-bond acceptors (Lipinski definition) is 5. The number of carbonyl (C=O) groups is 1.